The minimum atomic E-state index is -0.541. The van der Waals surface area contributed by atoms with Crippen molar-refractivity contribution in [1.29, 1.82) is 0 Å². The van der Waals surface area contributed by atoms with Crippen molar-refractivity contribution in [2.45, 2.75) is 6.92 Å². The Labute approximate surface area is 88.1 Å². The zero-order chi connectivity index (χ0) is 11.0. The molecule has 0 aliphatic carbocycles. The predicted molar refractivity (Wildman–Crippen MR) is 53.2 cm³/mol. The van der Waals surface area contributed by atoms with Crippen LogP contribution in [-0.4, -0.2) is 27.7 Å². The standard InChI is InChI=1S/C8H7N3O3S/c1-4-9-8-11(10-4)6(12)3-5(15-8)7(13)14-2/h3H,1-2H3. The minimum absolute atomic E-state index is 0.224. The van der Waals surface area contributed by atoms with Crippen LogP contribution in [0.5, 0.6) is 0 Å². The van der Waals surface area contributed by atoms with Crippen molar-refractivity contribution in [2.75, 3.05) is 7.11 Å². The SMILES string of the molecule is COC(=O)c1cc(=O)n2nc(C)nc2s1. The summed E-state index contributed by atoms with van der Waals surface area (Å²) in [6, 6.07) is 1.19. The molecule has 0 fully saturated rings. The van der Waals surface area contributed by atoms with Crippen LogP contribution in [0.1, 0.15) is 15.5 Å². The van der Waals surface area contributed by atoms with E-state index < -0.39 is 5.97 Å². The molecule has 2 aromatic heterocycles. The van der Waals surface area contributed by atoms with Crippen molar-refractivity contribution in [2.24, 2.45) is 0 Å². The second-order valence-electron chi connectivity index (χ2n) is 2.79. The Morgan fingerprint density at radius 3 is 3.00 bits per heavy atom. The first kappa shape index (κ1) is 9.78. The number of esters is 1. The number of carbonyl (C=O) groups excluding carboxylic acids is 1. The number of ether oxygens (including phenoxy) is 1. The maximum absolute atomic E-state index is 11.5. The molecule has 0 saturated carbocycles. The van der Waals surface area contributed by atoms with Gasteiger partial charge in [-0.05, 0) is 6.92 Å². The molecule has 0 atom stereocenters. The van der Waals surface area contributed by atoms with Gasteiger partial charge in [-0.2, -0.15) is 4.52 Å². The van der Waals surface area contributed by atoms with Crippen LogP contribution in [0.15, 0.2) is 10.9 Å². The average Bonchev–Trinajstić information content (AvgIpc) is 2.58. The van der Waals surface area contributed by atoms with Crippen LogP contribution in [0.4, 0.5) is 0 Å². The number of hydrogen-bond donors (Lipinski definition) is 0. The molecule has 0 spiro atoms. The quantitative estimate of drug-likeness (QED) is 0.650. The summed E-state index contributed by atoms with van der Waals surface area (Å²) in [5.41, 5.74) is -0.384. The molecule has 0 saturated heterocycles. The number of methoxy groups -OCH3 is 1. The van der Waals surface area contributed by atoms with Crippen LogP contribution in [0.25, 0.3) is 4.96 Å². The van der Waals surface area contributed by atoms with Gasteiger partial charge in [0.2, 0.25) is 4.96 Å². The number of nitrogens with zero attached hydrogens (tertiary/aromatic N) is 3. The van der Waals surface area contributed by atoms with Crippen molar-refractivity contribution in [1.82, 2.24) is 14.6 Å². The number of aryl methyl sites for hydroxylation is 1. The van der Waals surface area contributed by atoms with E-state index in [9.17, 15) is 9.59 Å². The van der Waals surface area contributed by atoms with Gasteiger partial charge >= 0.3 is 5.97 Å². The first-order valence-corrected chi connectivity index (χ1v) is 4.89. The number of carbonyl (C=O) groups is 1. The fraction of sp³-hybridized carbons (Fsp3) is 0.250. The maximum atomic E-state index is 11.5. The van der Waals surface area contributed by atoms with E-state index in [-0.39, 0.29) is 10.4 Å². The molecule has 0 unspecified atom stereocenters. The van der Waals surface area contributed by atoms with E-state index in [2.05, 4.69) is 14.8 Å². The van der Waals surface area contributed by atoms with Crippen LogP contribution in [0, 0.1) is 6.92 Å². The van der Waals surface area contributed by atoms with Crippen molar-refractivity contribution in [3.63, 3.8) is 0 Å². The number of aromatic nitrogens is 3. The summed E-state index contributed by atoms with van der Waals surface area (Å²) in [7, 11) is 1.26. The molecule has 2 aromatic rings. The lowest BCUT2D eigenvalue weighted by Gasteiger charge is -1.96. The van der Waals surface area contributed by atoms with E-state index in [1.807, 2.05) is 0 Å². The first-order valence-electron chi connectivity index (χ1n) is 4.07. The van der Waals surface area contributed by atoms with Crippen molar-refractivity contribution >= 4 is 22.3 Å². The fourth-order valence-electron chi connectivity index (χ4n) is 1.11. The molecule has 6 nitrogen and oxygen atoms in total. The van der Waals surface area contributed by atoms with E-state index in [4.69, 9.17) is 0 Å². The first-order chi connectivity index (χ1) is 7.11. The Hall–Kier alpha value is -1.76. The molecule has 0 aliphatic heterocycles. The van der Waals surface area contributed by atoms with Gasteiger partial charge in [0, 0.05) is 6.07 Å². The largest absolute Gasteiger partial charge is 0.465 e. The molecular formula is C8H7N3O3S. The van der Waals surface area contributed by atoms with Gasteiger partial charge in [-0.1, -0.05) is 11.3 Å². The zero-order valence-electron chi connectivity index (χ0n) is 8.05. The lowest BCUT2D eigenvalue weighted by molar-refractivity contribution is 0.0606. The Morgan fingerprint density at radius 2 is 2.33 bits per heavy atom. The molecule has 0 radical (unpaired) electrons. The van der Waals surface area contributed by atoms with E-state index >= 15 is 0 Å². The molecule has 2 rings (SSSR count). The third-order valence-electron chi connectivity index (χ3n) is 1.73. The van der Waals surface area contributed by atoms with Gasteiger partial charge in [-0.3, -0.25) is 4.79 Å². The second-order valence-corrected chi connectivity index (χ2v) is 3.80. The van der Waals surface area contributed by atoms with Crippen LogP contribution < -0.4 is 5.56 Å². The van der Waals surface area contributed by atoms with Crippen LogP contribution in [0.3, 0.4) is 0 Å². The molecule has 0 amide bonds. The van der Waals surface area contributed by atoms with Crippen LogP contribution in [0.2, 0.25) is 0 Å². The summed E-state index contributed by atoms with van der Waals surface area (Å²) in [6.07, 6.45) is 0. The van der Waals surface area contributed by atoms with E-state index in [0.717, 1.165) is 15.9 Å². The lowest BCUT2D eigenvalue weighted by atomic mass is 10.5. The zero-order valence-corrected chi connectivity index (χ0v) is 8.87. The third kappa shape index (κ3) is 1.61. The summed E-state index contributed by atoms with van der Waals surface area (Å²) in [5, 5.41) is 3.89. The Kier molecular flexibility index (Phi) is 2.24. The van der Waals surface area contributed by atoms with E-state index in [0.29, 0.717) is 10.8 Å². The molecule has 78 valence electrons. The Balaban J connectivity index is 2.72. The Bertz CT molecular complexity index is 586. The molecule has 2 heterocycles. The monoisotopic (exact) mass is 225 g/mol. The molecule has 15 heavy (non-hydrogen) atoms. The molecule has 7 heteroatoms. The maximum Gasteiger partial charge on any atom is 0.348 e. The summed E-state index contributed by atoms with van der Waals surface area (Å²) < 4.78 is 5.68. The minimum Gasteiger partial charge on any atom is -0.465 e. The topological polar surface area (TPSA) is 73.6 Å². The molecule has 0 aromatic carbocycles. The molecule has 0 bridgehead atoms. The fourth-order valence-corrected chi connectivity index (χ4v) is 2.03. The summed E-state index contributed by atoms with van der Waals surface area (Å²) >= 11 is 1.07. The van der Waals surface area contributed by atoms with Crippen LogP contribution in [-0.2, 0) is 4.74 Å². The second kappa shape index (κ2) is 3.43. The predicted octanol–water partition coefficient (Wildman–Crippen LogP) is 0.246. The highest BCUT2D eigenvalue weighted by molar-refractivity contribution is 7.18. The van der Waals surface area contributed by atoms with Crippen molar-refractivity contribution in [3.8, 4) is 0 Å². The summed E-state index contributed by atoms with van der Waals surface area (Å²) in [4.78, 5) is 27.3. The number of hydrogen-bond acceptors (Lipinski definition) is 6. The highest BCUT2D eigenvalue weighted by Gasteiger charge is 2.12. The normalized spacial score (nSPS) is 10.5. The van der Waals surface area contributed by atoms with Gasteiger partial charge in [0.05, 0.1) is 7.11 Å². The number of fused-ring (bicyclic) bond motifs is 1. The van der Waals surface area contributed by atoms with Gasteiger partial charge in [0.15, 0.2) is 0 Å². The summed E-state index contributed by atoms with van der Waals surface area (Å²) in [5.74, 6) is -0.0504. The van der Waals surface area contributed by atoms with Crippen molar-refractivity contribution in [3.05, 3.63) is 27.1 Å². The highest BCUT2D eigenvalue weighted by atomic mass is 32.1. The third-order valence-corrected chi connectivity index (χ3v) is 2.69. The van der Waals surface area contributed by atoms with Gasteiger partial charge < -0.3 is 4.74 Å². The molecule has 0 N–H and O–H groups in total. The van der Waals surface area contributed by atoms with Gasteiger partial charge in [0.1, 0.15) is 10.7 Å². The smallest absolute Gasteiger partial charge is 0.348 e. The van der Waals surface area contributed by atoms with Gasteiger partial charge in [-0.25, -0.2) is 9.78 Å². The molecule has 0 aliphatic rings. The van der Waals surface area contributed by atoms with Crippen LogP contribution >= 0.6 is 11.3 Å². The molecular weight excluding hydrogens is 218 g/mol. The van der Waals surface area contributed by atoms with E-state index in [1.165, 1.54) is 13.2 Å². The summed E-state index contributed by atoms with van der Waals surface area (Å²) in [6.45, 7) is 1.68. The van der Waals surface area contributed by atoms with Gasteiger partial charge in [-0.15, -0.1) is 5.10 Å². The van der Waals surface area contributed by atoms with Gasteiger partial charge in [0.25, 0.3) is 5.56 Å². The highest BCUT2D eigenvalue weighted by Crippen LogP contribution is 2.11. The number of rotatable bonds is 1. The lowest BCUT2D eigenvalue weighted by Crippen LogP contribution is -2.14. The van der Waals surface area contributed by atoms with E-state index in [1.54, 1.807) is 6.92 Å². The van der Waals surface area contributed by atoms with Crippen molar-refractivity contribution < 1.29 is 9.53 Å². The average molecular weight is 225 g/mol. The Morgan fingerprint density at radius 1 is 1.60 bits per heavy atom.